The summed E-state index contributed by atoms with van der Waals surface area (Å²) in [6.07, 6.45) is 0.746. The molecule has 0 atom stereocenters. The Morgan fingerprint density at radius 2 is 1.69 bits per heavy atom. The van der Waals surface area contributed by atoms with Crippen molar-refractivity contribution in [3.63, 3.8) is 0 Å². The Hall–Kier alpha value is -3.51. The zero-order valence-electron chi connectivity index (χ0n) is 15.6. The second-order valence-electron chi connectivity index (χ2n) is 6.53. The summed E-state index contributed by atoms with van der Waals surface area (Å²) in [5.74, 6) is -0.473. The van der Waals surface area contributed by atoms with Gasteiger partial charge in [0.1, 0.15) is 0 Å². The van der Waals surface area contributed by atoms with E-state index in [1.54, 1.807) is 35.8 Å². The van der Waals surface area contributed by atoms with Crippen LogP contribution in [0.3, 0.4) is 0 Å². The van der Waals surface area contributed by atoms with Gasteiger partial charge < -0.3 is 10.6 Å². The number of nitrogens with zero attached hydrogens (tertiary/aromatic N) is 1. The number of fused-ring (bicyclic) bond motifs is 1. The summed E-state index contributed by atoms with van der Waals surface area (Å²) in [6.45, 7) is 0.521. The fraction of sp³-hybridized carbons (Fsp3) is 0.0870. The Balaban J connectivity index is 1.44. The molecule has 0 saturated carbocycles. The van der Waals surface area contributed by atoms with E-state index in [4.69, 9.17) is 0 Å². The van der Waals surface area contributed by atoms with Gasteiger partial charge in [0.05, 0.1) is 27.0 Å². The zero-order chi connectivity index (χ0) is 20.1. The molecule has 3 aromatic carbocycles. The lowest BCUT2D eigenvalue weighted by Crippen LogP contribution is -2.27. The normalized spacial score (nSPS) is 10.6. The fourth-order valence-electron chi connectivity index (χ4n) is 3.04. The number of nitrogens with one attached hydrogen (secondary N) is 2. The maximum absolute atomic E-state index is 12.7. The first-order valence-corrected chi connectivity index (χ1v) is 10.1. The van der Waals surface area contributed by atoms with Crippen molar-refractivity contribution in [3.05, 3.63) is 95.0 Å². The number of carbonyl (C=O) groups is 2. The number of hydrogen-bond acceptors (Lipinski definition) is 4. The molecule has 29 heavy (non-hydrogen) atoms. The van der Waals surface area contributed by atoms with Crippen LogP contribution in [0.4, 0.5) is 5.69 Å². The van der Waals surface area contributed by atoms with Crippen LogP contribution in [0.5, 0.6) is 0 Å². The summed E-state index contributed by atoms with van der Waals surface area (Å²) in [5.41, 5.74) is 5.23. The number of benzene rings is 3. The number of thiazole rings is 1. The highest BCUT2D eigenvalue weighted by molar-refractivity contribution is 7.16. The van der Waals surface area contributed by atoms with E-state index in [0.717, 1.165) is 22.2 Å². The van der Waals surface area contributed by atoms with Gasteiger partial charge in [-0.3, -0.25) is 9.59 Å². The van der Waals surface area contributed by atoms with E-state index in [9.17, 15) is 9.59 Å². The highest BCUT2D eigenvalue weighted by Gasteiger charge is 2.14. The van der Waals surface area contributed by atoms with Crippen LogP contribution < -0.4 is 10.6 Å². The van der Waals surface area contributed by atoms with E-state index < -0.39 is 0 Å². The van der Waals surface area contributed by atoms with Gasteiger partial charge >= 0.3 is 0 Å². The topological polar surface area (TPSA) is 71.1 Å². The van der Waals surface area contributed by atoms with Crippen molar-refractivity contribution < 1.29 is 9.59 Å². The first kappa shape index (κ1) is 18.8. The molecule has 0 bridgehead atoms. The Kier molecular flexibility index (Phi) is 5.63. The summed E-state index contributed by atoms with van der Waals surface area (Å²) in [7, 11) is 0. The molecule has 0 radical (unpaired) electrons. The molecule has 0 aliphatic rings. The summed E-state index contributed by atoms with van der Waals surface area (Å²) in [6, 6.07) is 22.4. The predicted molar refractivity (Wildman–Crippen MR) is 116 cm³/mol. The quantitative estimate of drug-likeness (QED) is 0.499. The average molecular weight is 401 g/mol. The molecular formula is C23H19N3O2S. The summed E-state index contributed by atoms with van der Waals surface area (Å²) in [5, 5.41) is 5.78. The van der Waals surface area contributed by atoms with Gasteiger partial charge in [-0.1, -0.05) is 42.5 Å². The molecular weight excluding hydrogens is 382 g/mol. The van der Waals surface area contributed by atoms with Crippen molar-refractivity contribution >= 4 is 39.1 Å². The lowest BCUT2D eigenvalue weighted by molar-refractivity contribution is 0.0955. The van der Waals surface area contributed by atoms with Crippen LogP contribution in [0.1, 0.15) is 26.3 Å². The average Bonchev–Trinajstić information content (AvgIpc) is 3.22. The van der Waals surface area contributed by atoms with Crippen molar-refractivity contribution in [2.24, 2.45) is 0 Å². The number of carbonyl (C=O) groups excluding carboxylic acids is 2. The third-order valence-corrected chi connectivity index (χ3v) is 5.35. The number of anilines is 1. The Morgan fingerprint density at radius 3 is 2.55 bits per heavy atom. The van der Waals surface area contributed by atoms with E-state index in [2.05, 4.69) is 15.6 Å². The molecule has 5 nitrogen and oxygen atoms in total. The predicted octanol–water partition coefficient (Wildman–Crippen LogP) is 4.52. The molecule has 1 aromatic heterocycles. The number of rotatable bonds is 6. The van der Waals surface area contributed by atoms with Gasteiger partial charge in [0.25, 0.3) is 11.8 Å². The molecule has 0 aliphatic carbocycles. The molecule has 2 amide bonds. The van der Waals surface area contributed by atoms with Crippen molar-refractivity contribution in [3.8, 4) is 0 Å². The SMILES string of the molecule is O=C(Nc1ccccc1C(=O)NCCc1ccccc1)c1ccc2ncsc2c1. The van der Waals surface area contributed by atoms with Gasteiger partial charge in [-0.25, -0.2) is 4.98 Å². The van der Waals surface area contributed by atoms with Crippen LogP contribution in [-0.4, -0.2) is 23.3 Å². The maximum atomic E-state index is 12.7. The fourth-order valence-corrected chi connectivity index (χ4v) is 3.76. The second-order valence-corrected chi connectivity index (χ2v) is 7.41. The smallest absolute Gasteiger partial charge is 0.255 e. The van der Waals surface area contributed by atoms with Crippen molar-refractivity contribution in [2.75, 3.05) is 11.9 Å². The van der Waals surface area contributed by atoms with Crippen molar-refractivity contribution in [2.45, 2.75) is 6.42 Å². The Labute approximate surface area is 172 Å². The summed E-state index contributed by atoms with van der Waals surface area (Å²) >= 11 is 1.49. The van der Waals surface area contributed by atoms with Crippen molar-refractivity contribution in [1.82, 2.24) is 10.3 Å². The van der Waals surface area contributed by atoms with Gasteiger partial charge in [0.15, 0.2) is 0 Å². The van der Waals surface area contributed by atoms with E-state index in [1.165, 1.54) is 11.3 Å². The Bertz CT molecular complexity index is 1150. The van der Waals surface area contributed by atoms with Crippen LogP contribution in [0.25, 0.3) is 10.2 Å². The van der Waals surface area contributed by atoms with Crippen LogP contribution in [0.2, 0.25) is 0 Å². The van der Waals surface area contributed by atoms with Crippen LogP contribution in [-0.2, 0) is 6.42 Å². The first-order chi connectivity index (χ1) is 14.2. The minimum Gasteiger partial charge on any atom is -0.352 e. The van der Waals surface area contributed by atoms with Gasteiger partial charge in [0.2, 0.25) is 0 Å². The number of amides is 2. The molecule has 0 unspecified atom stereocenters. The molecule has 4 rings (SSSR count). The standard InChI is InChI=1S/C23H19N3O2S/c27-22(17-10-11-20-21(14-17)29-15-25-20)26-19-9-5-4-8-18(19)23(28)24-13-12-16-6-2-1-3-7-16/h1-11,14-15H,12-13H2,(H,24,28)(H,26,27). The third-order valence-electron chi connectivity index (χ3n) is 4.56. The molecule has 144 valence electrons. The summed E-state index contributed by atoms with van der Waals surface area (Å²) < 4.78 is 0.949. The van der Waals surface area contributed by atoms with E-state index in [1.807, 2.05) is 42.5 Å². The molecule has 4 aromatic rings. The maximum Gasteiger partial charge on any atom is 0.255 e. The minimum atomic E-state index is -0.259. The zero-order valence-corrected chi connectivity index (χ0v) is 16.4. The number of para-hydroxylation sites is 1. The monoisotopic (exact) mass is 401 g/mol. The highest BCUT2D eigenvalue weighted by atomic mass is 32.1. The molecule has 0 fully saturated rings. The van der Waals surface area contributed by atoms with Gasteiger partial charge in [0, 0.05) is 12.1 Å². The number of aromatic nitrogens is 1. The van der Waals surface area contributed by atoms with Crippen LogP contribution in [0.15, 0.2) is 78.3 Å². The summed E-state index contributed by atoms with van der Waals surface area (Å²) in [4.78, 5) is 29.6. The van der Waals surface area contributed by atoms with Gasteiger partial charge in [-0.15, -0.1) is 11.3 Å². The molecule has 0 spiro atoms. The van der Waals surface area contributed by atoms with Crippen LogP contribution >= 0.6 is 11.3 Å². The van der Waals surface area contributed by atoms with E-state index >= 15 is 0 Å². The van der Waals surface area contributed by atoms with E-state index in [-0.39, 0.29) is 11.8 Å². The Morgan fingerprint density at radius 1 is 0.897 bits per heavy atom. The van der Waals surface area contributed by atoms with Gasteiger partial charge in [-0.05, 0) is 42.3 Å². The second kappa shape index (κ2) is 8.67. The highest BCUT2D eigenvalue weighted by Crippen LogP contribution is 2.21. The van der Waals surface area contributed by atoms with Crippen molar-refractivity contribution in [1.29, 1.82) is 0 Å². The van der Waals surface area contributed by atoms with Gasteiger partial charge in [-0.2, -0.15) is 0 Å². The van der Waals surface area contributed by atoms with E-state index in [0.29, 0.717) is 23.4 Å². The van der Waals surface area contributed by atoms with Crippen LogP contribution in [0, 0.1) is 0 Å². The molecule has 0 saturated heterocycles. The minimum absolute atomic E-state index is 0.213. The lowest BCUT2D eigenvalue weighted by Gasteiger charge is -2.12. The lowest BCUT2D eigenvalue weighted by atomic mass is 10.1. The number of hydrogen-bond donors (Lipinski definition) is 2. The molecule has 0 aliphatic heterocycles. The molecule has 2 N–H and O–H groups in total. The molecule has 6 heteroatoms. The third kappa shape index (κ3) is 4.50. The largest absolute Gasteiger partial charge is 0.352 e. The first-order valence-electron chi connectivity index (χ1n) is 9.26. The molecule has 1 heterocycles.